The number of piperidine rings is 1. The van der Waals surface area contributed by atoms with Crippen molar-refractivity contribution >= 4 is 27.5 Å². The molecule has 0 aliphatic carbocycles. The maximum atomic E-state index is 13.0. The van der Waals surface area contributed by atoms with Gasteiger partial charge in [0.05, 0.1) is 5.92 Å². The molecule has 0 radical (unpaired) electrons. The molecule has 1 aliphatic rings. The molecule has 2 aromatic rings. The van der Waals surface area contributed by atoms with E-state index in [1.165, 1.54) is 11.1 Å². The van der Waals surface area contributed by atoms with Crippen molar-refractivity contribution in [3.63, 3.8) is 0 Å². The Labute approximate surface area is 171 Å². The fourth-order valence-corrected chi connectivity index (χ4v) is 4.09. The second kappa shape index (κ2) is 9.03. The van der Waals surface area contributed by atoms with Crippen molar-refractivity contribution < 1.29 is 4.79 Å². The van der Waals surface area contributed by atoms with Crippen molar-refractivity contribution in [2.45, 2.75) is 46.1 Å². The highest BCUT2D eigenvalue weighted by molar-refractivity contribution is 9.10. The van der Waals surface area contributed by atoms with Crippen LogP contribution in [0.5, 0.6) is 0 Å². The summed E-state index contributed by atoms with van der Waals surface area (Å²) in [6.07, 6.45) is 2.03. The molecular weight excluding hydrogens is 400 g/mol. The molecule has 0 aromatic heterocycles. The molecule has 1 heterocycles. The summed E-state index contributed by atoms with van der Waals surface area (Å²) in [6, 6.07) is 14.7. The quantitative estimate of drug-likeness (QED) is 0.658. The number of hydrogen-bond acceptors (Lipinski definition) is 2. The molecule has 1 atom stereocenters. The van der Waals surface area contributed by atoms with E-state index in [2.05, 4.69) is 89.4 Å². The first-order valence-electron chi connectivity index (χ1n) is 9.81. The van der Waals surface area contributed by atoms with E-state index in [0.29, 0.717) is 5.92 Å². The van der Waals surface area contributed by atoms with Crippen molar-refractivity contribution in [1.82, 2.24) is 4.90 Å². The van der Waals surface area contributed by atoms with Gasteiger partial charge in [0, 0.05) is 23.2 Å². The largest absolute Gasteiger partial charge is 0.325 e. The van der Waals surface area contributed by atoms with Crippen molar-refractivity contribution in [2.75, 3.05) is 18.4 Å². The number of nitrogens with one attached hydrogen (secondary N) is 1. The number of aryl methyl sites for hydroxylation is 1. The zero-order valence-corrected chi connectivity index (χ0v) is 18.1. The van der Waals surface area contributed by atoms with Gasteiger partial charge in [0.2, 0.25) is 5.91 Å². The number of hydrogen-bond donors (Lipinski definition) is 1. The Bertz CT molecular complexity index is 785. The lowest BCUT2D eigenvalue weighted by molar-refractivity contribution is -0.121. The average molecular weight is 429 g/mol. The Kier molecular flexibility index (Phi) is 6.72. The van der Waals surface area contributed by atoms with E-state index in [4.69, 9.17) is 0 Å². The van der Waals surface area contributed by atoms with Crippen LogP contribution in [0.3, 0.4) is 0 Å². The number of halogens is 1. The van der Waals surface area contributed by atoms with Crippen LogP contribution in [0.2, 0.25) is 0 Å². The standard InChI is InChI=1S/C23H29BrN2O/c1-16(2)21-8-4-6-17(3)22(21)25-23(27)19-7-5-13-26(15-19)14-18-9-11-20(24)12-10-18/h4,6,8-12,16,19H,5,7,13-15H2,1-3H3,(H,25,27). The van der Waals surface area contributed by atoms with Gasteiger partial charge in [-0.15, -0.1) is 0 Å². The number of anilines is 1. The van der Waals surface area contributed by atoms with Crippen LogP contribution in [-0.2, 0) is 11.3 Å². The Morgan fingerprint density at radius 3 is 2.67 bits per heavy atom. The molecule has 1 unspecified atom stereocenters. The maximum absolute atomic E-state index is 13.0. The zero-order chi connectivity index (χ0) is 19.4. The minimum Gasteiger partial charge on any atom is -0.325 e. The molecule has 0 saturated carbocycles. The summed E-state index contributed by atoms with van der Waals surface area (Å²) in [5.41, 5.74) is 4.64. The second-order valence-electron chi connectivity index (χ2n) is 7.88. The van der Waals surface area contributed by atoms with Gasteiger partial charge in [-0.3, -0.25) is 9.69 Å². The van der Waals surface area contributed by atoms with Crippen molar-refractivity contribution in [2.24, 2.45) is 5.92 Å². The molecular formula is C23H29BrN2O. The first-order valence-corrected chi connectivity index (χ1v) is 10.6. The monoisotopic (exact) mass is 428 g/mol. The number of rotatable bonds is 5. The highest BCUT2D eigenvalue weighted by Crippen LogP contribution is 2.29. The van der Waals surface area contributed by atoms with Crippen molar-refractivity contribution in [3.05, 3.63) is 63.6 Å². The Morgan fingerprint density at radius 1 is 1.22 bits per heavy atom. The van der Waals surface area contributed by atoms with E-state index < -0.39 is 0 Å². The average Bonchev–Trinajstić information content (AvgIpc) is 2.65. The van der Waals surface area contributed by atoms with E-state index in [1.54, 1.807) is 0 Å². The van der Waals surface area contributed by atoms with Crippen LogP contribution in [0.4, 0.5) is 5.69 Å². The maximum Gasteiger partial charge on any atom is 0.228 e. The molecule has 1 N–H and O–H groups in total. The summed E-state index contributed by atoms with van der Waals surface area (Å²) in [5, 5.41) is 3.25. The number of carbonyl (C=O) groups excluding carboxylic acids is 1. The minimum absolute atomic E-state index is 0.0498. The molecule has 144 valence electrons. The number of nitrogens with zero attached hydrogens (tertiary/aromatic N) is 1. The first-order chi connectivity index (χ1) is 12.9. The van der Waals surface area contributed by atoms with Crippen LogP contribution in [-0.4, -0.2) is 23.9 Å². The van der Waals surface area contributed by atoms with Gasteiger partial charge in [-0.25, -0.2) is 0 Å². The molecule has 0 spiro atoms. The topological polar surface area (TPSA) is 32.3 Å². The first kappa shape index (κ1) is 20.1. The summed E-state index contributed by atoms with van der Waals surface area (Å²) < 4.78 is 1.10. The fourth-order valence-electron chi connectivity index (χ4n) is 3.83. The third-order valence-corrected chi connectivity index (χ3v) is 5.90. The summed E-state index contributed by atoms with van der Waals surface area (Å²) in [6.45, 7) is 9.20. The lowest BCUT2D eigenvalue weighted by Crippen LogP contribution is -2.40. The van der Waals surface area contributed by atoms with Crippen LogP contribution >= 0.6 is 15.9 Å². The number of amides is 1. The van der Waals surface area contributed by atoms with E-state index in [-0.39, 0.29) is 11.8 Å². The van der Waals surface area contributed by atoms with Crippen LogP contribution in [0.25, 0.3) is 0 Å². The van der Waals surface area contributed by atoms with Crippen molar-refractivity contribution in [1.29, 1.82) is 0 Å². The SMILES string of the molecule is Cc1cccc(C(C)C)c1NC(=O)C1CCCN(Cc2ccc(Br)cc2)C1. The van der Waals surface area contributed by atoms with Gasteiger partial charge in [-0.05, 0) is 61.1 Å². The summed E-state index contributed by atoms with van der Waals surface area (Å²) in [4.78, 5) is 15.4. The fraction of sp³-hybridized carbons (Fsp3) is 0.435. The van der Waals surface area contributed by atoms with Gasteiger partial charge in [0.15, 0.2) is 0 Å². The smallest absolute Gasteiger partial charge is 0.228 e. The number of benzene rings is 2. The predicted molar refractivity (Wildman–Crippen MR) is 116 cm³/mol. The third kappa shape index (κ3) is 5.20. The Morgan fingerprint density at radius 2 is 1.96 bits per heavy atom. The lowest BCUT2D eigenvalue weighted by Gasteiger charge is -2.32. The molecule has 1 amide bonds. The number of carbonyl (C=O) groups is 1. The summed E-state index contributed by atoms with van der Waals surface area (Å²) in [5.74, 6) is 0.598. The zero-order valence-electron chi connectivity index (χ0n) is 16.5. The molecule has 0 bridgehead atoms. The predicted octanol–water partition coefficient (Wildman–Crippen LogP) is 5.73. The lowest BCUT2D eigenvalue weighted by atomic mass is 9.94. The van der Waals surface area contributed by atoms with E-state index in [9.17, 15) is 4.79 Å². The third-order valence-electron chi connectivity index (χ3n) is 5.37. The molecule has 27 heavy (non-hydrogen) atoms. The second-order valence-corrected chi connectivity index (χ2v) is 8.80. The van der Waals surface area contributed by atoms with E-state index >= 15 is 0 Å². The normalized spacial score (nSPS) is 17.9. The van der Waals surface area contributed by atoms with Gasteiger partial charge in [0.25, 0.3) is 0 Å². The molecule has 3 rings (SSSR count). The van der Waals surface area contributed by atoms with Crippen molar-refractivity contribution in [3.8, 4) is 0 Å². The van der Waals surface area contributed by atoms with Gasteiger partial charge in [-0.1, -0.05) is 60.1 Å². The van der Waals surface area contributed by atoms with Gasteiger partial charge in [-0.2, -0.15) is 0 Å². The Hall–Kier alpha value is -1.65. The van der Waals surface area contributed by atoms with Crippen LogP contribution in [0, 0.1) is 12.8 Å². The summed E-state index contributed by atoms with van der Waals surface area (Å²) >= 11 is 3.49. The molecule has 1 aliphatic heterocycles. The Balaban J connectivity index is 1.66. The van der Waals surface area contributed by atoms with Gasteiger partial charge in [0.1, 0.15) is 0 Å². The van der Waals surface area contributed by atoms with E-state index in [0.717, 1.165) is 48.2 Å². The molecule has 2 aromatic carbocycles. The van der Waals surface area contributed by atoms with E-state index in [1.807, 2.05) is 0 Å². The molecule has 4 heteroatoms. The summed E-state index contributed by atoms with van der Waals surface area (Å²) in [7, 11) is 0. The van der Waals surface area contributed by atoms with Crippen LogP contribution < -0.4 is 5.32 Å². The van der Waals surface area contributed by atoms with Gasteiger partial charge < -0.3 is 5.32 Å². The number of para-hydroxylation sites is 1. The number of likely N-dealkylation sites (tertiary alicyclic amines) is 1. The highest BCUT2D eigenvalue weighted by Gasteiger charge is 2.26. The minimum atomic E-state index is 0.0498. The molecule has 3 nitrogen and oxygen atoms in total. The molecule has 1 fully saturated rings. The van der Waals surface area contributed by atoms with Crippen LogP contribution in [0.1, 0.15) is 49.3 Å². The molecule has 1 saturated heterocycles. The highest BCUT2D eigenvalue weighted by atomic mass is 79.9. The van der Waals surface area contributed by atoms with Gasteiger partial charge >= 0.3 is 0 Å². The van der Waals surface area contributed by atoms with Crippen LogP contribution in [0.15, 0.2) is 46.9 Å².